The van der Waals surface area contributed by atoms with E-state index in [1.54, 1.807) is 0 Å². The van der Waals surface area contributed by atoms with Crippen molar-refractivity contribution in [3.05, 3.63) is 33.8 Å². The fourth-order valence-electron chi connectivity index (χ4n) is 2.56. The van der Waals surface area contributed by atoms with E-state index in [0.29, 0.717) is 11.8 Å². The minimum Gasteiger partial charge on any atom is -0.330 e. The summed E-state index contributed by atoms with van der Waals surface area (Å²) in [5, 5.41) is 0. The van der Waals surface area contributed by atoms with Gasteiger partial charge in [0.1, 0.15) is 0 Å². The van der Waals surface area contributed by atoms with Gasteiger partial charge in [-0.3, -0.25) is 0 Å². The van der Waals surface area contributed by atoms with Crippen molar-refractivity contribution in [1.29, 1.82) is 0 Å². The molecule has 2 atom stereocenters. The molecule has 0 radical (unpaired) electrons. The number of nitrogens with two attached hydrogens (primary N) is 1. The van der Waals surface area contributed by atoms with Crippen LogP contribution in [0.15, 0.2) is 22.7 Å². The summed E-state index contributed by atoms with van der Waals surface area (Å²) in [6.45, 7) is 3.05. The van der Waals surface area contributed by atoms with Crippen LogP contribution in [0.4, 0.5) is 0 Å². The normalized spacial score (nSPS) is 22.2. The number of hydrogen-bond donors (Lipinski definition) is 1. The molecule has 1 aliphatic rings. The Hall–Kier alpha value is -0.340. The van der Waals surface area contributed by atoms with Gasteiger partial charge in [-0.05, 0) is 60.9 Å². The Labute approximate surface area is 100 Å². The number of halogens is 1. The Morgan fingerprint density at radius 2 is 2.33 bits per heavy atom. The molecule has 2 unspecified atom stereocenters. The van der Waals surface area contributed by atoms with Crippen molar-refractivity contribution in [2.24, 2.45) is 11.7 Å². The molecule has 82 valence electrons. The van der Waals surface area contributed by atoms with E-state index in [1.807, 2.05) is 0 Å². The van der Waals surface area contributed by atoms with Crippen LogP contribution in [0.3, 0.4) is 0 Å². The molecule has 0 heterocycles. The van der Waals surface area contributed by atoms with Gasteiger partial charge in [0.25, 0.3) is 0 Å². The highest BCUT2D eigenvalue weighted by molar-refractivity contribution is 9.10. The first-order chi connectivity index (χ1) is 7.22. The molecular formula is C13H18BrN. The van der Waals surface area contributed by atoms with Crippen molar-refractivity contribution in [2.45, 2.75) is 32.1 Å². The van der Waals surface area contributed by atoms with Crippen molar-refractivity contribution in [2.75, 3.05) is 6.54 Å². The summed E-state index contributed by atoms with van der Waals surface area (Å²) in [5.41, 5.74) is 8.83. The van der Waals surface area contributed by atoms with Crippen LogP contribution in [0.1, 0.15) is 36.8 Å². The molecule has 0 spiro atoms. The Morgan fingerprint density at radius 3 is 3.07 bits per heavy atom. The standard InChI is InChI=1S/C13H18BrN/c1-9(8-15)12-4-2-3-10-5-6-11(14)7-13(10)12/h5-7,9,12H,2-4,8,15H2,1H3. The van der Waals surface area contributed by atoms with Crippen LogP contribution in [0.5, 0.6) is 0 Å². The van der Waals surface area contributed by atoms with Gasteiger partial charge in [0, 0.05) is 4.47 Å². The number of fused-ring (bicyclic) bond motifs is 1. The maximum absolute atomic E-state index is 5.79. The molecule has 1 aromatic carbocycles. The molecule has 1 aliphatic carbocycles. The highest BCUT2D eigenvalue weighted by atomic mass is 79.9. The maximum Gasteiger partial charge on any atom is 0.0178 e. The number of benzene rings is 1. The third kappa shape index (κ3) is 2.26. The summed E-state index contributed by atoms with van der Waals surface area (Å²) in [5.74, 6) is 1.26. The summed E-state index contributed by atoms with van der Waals surface area (Å²) in [7, 11) is 0. The van der Waals surface area contributed by atoms with Crippen LogP contribution < -0.4 is 5.73 Å². The zero-order valence-electron chi connectivity index (χ0n) is 9.17. The predicted molar refractivity (Wildman–Crippen MR) is 68.0 cm³/mol. The van der Waals surface area contributed by atoms with Gasteiger partial charge in [0.2, 0.25) is 0 Å². The monoisotopic (exact) mass is 267 g/mol. The van der Waals surface area contributed by atoms with Gasteiger partial charge in [-0.25, -0.2) is 0 Å². The quantitative estimate of drug-likeness (QED) is 0.873. The third-order valence-electron chi connectivity index (χ3n) is 3.53. The second-order valence-corrected chi connectivity index (χ2v) is 5.47. The predicted octanol–water partition coefficient (Wildman–Crippen LogP) is 3.46. The van der Waals surface area contributed by atoms with Crippen molar-refractivity contribution in [3.8, 4) is 0 Å². The molecule has 0 fully saturated rings. The summed E-state index contributed by atoms with van der Waals surface area (Å²) >= 11 is 3.56. The fourth-order valence-corrected chi connectivity index (χ4v) is 2.94. The second-order valence-electron chi connectivity index (χ2n) is 4.55. The molecule has 1 nitrogen and oxygen atoms in total. The molecule has 0 saturated carbocycles. The van der Waals surface area contributed by atoms with Crippen LogP contribution in [-0.2, 0) is 6.42 Å². The van der Waals surface area contributed by atoms with E-state index in [2.05, 4.69) is 41.1 Å². The van der Waals surface area contributed by atoms with Crippen molar-refractivity contribution < 1.29 is 0 Å². The van der Waals surface area contributed by atoms with E-state index >= 15 is 0 Å². The molecule has 0 saturated heterocycles. The third-order valence-corrected chi connectivity index (χ3v) is 4.02. The lowest BCUT2D eigenvalue weighted by Crippen LogP contribution is -2.22. The second kappa shape index (κ2) is 4.67. The average molecular weight is 268 g/mol. The molecule has 0 aliphatic heterocycles. The van der Waals surface area contributed by atoms with E-state index in [0.717, 1.165) is 6.54 Å². The molecular weight excluding hydrogens is 250 g/mol. The zero-order chi connectivity index (χ0) is 10.8. The molecule has 2 N–H and O–H groups in total. The highest BCUT2D eigenvalue weighted by Crippen LogP contribution is 2.37. The van der Waals surface area contributed by atoms with Crippen LogP contribution in [0.25, 0.3) is 0 Å². The Morgan fingerprint density at radius 1 is 1.53 bits per heavy atom. The maximum atomic E-state index is 5.79. The van der Waals surface area contributed by atoms with Gasteiger partial charge in [-0.15, -0.1) is 0 Å². The van der Waals surface area contributed by atoms with E-state index in [1.165, 1.54) is 34.9 Å². The first-order valence-electron chi connectivity index (χ1n) is 5.70. The van der Waals surface area contributed by atoms with Gasteiger partial charge in [0.05, 0.1) is 0 Å². The minimum absolute atomic E-state index is 0.596. The van der Waals surface area contributed by atoms with Gasteiger partial charge < -0.3 is 5.73 Å². The molecule has 1 aromatic rings. The van der Waals surface area contributed by atoms with Crippen LogP contribution in [0, 0.1) is 5.92 Å². The summed E-state index contributed by atoms with van der Waals surface area (Å²) in [4.78, 5) is 0. The van der Waals surface area contributed by atoms with E-state index < -0.39 is 0 Å². The first kappa shape index (κ1) is 11.2. The largest absolute Gasteiger partial charge is 0.330 e. The van der Waals surface area contributed by atoms with Gasteiger partial charge >= 0.3 is 0 Å². The lowest BCUT2D eigenvalue weighted by atomic mass is 9.76. The molecule has 0 bridgehead atoms. The van der Waals surface area contributed by atoms with Gasteiger partial charge in [-0.2, -0.15) is 0 Å². The van der Waals surface area contributed by atoms with E-state index in [4.69, 9.17) is 5.73 Å². The Bertz CT molecular complexity index is 348. The molecule has 0 amide bonds. The summed E-state index contributed by atoms with van der Waals surface area (Å²) < 4.78 is 1.19. The van der Waals surface area contributed by atoms with Crippen molar-refractivity contribution in [3.63, 3.8) is 0 Å². The smallest absolute Gasteiger partial charge is 0.0178 e. The number of aryl methyl sites for hydroxylation is 1. The van der Waals surface area contributed by atoms with Crippen LogP contribution in [-0.4, -0.2) is 6.54 Å². The van der Waals surface area contributed by atoms with E-state index in [9.17, 15) is 0 Å². The van der Waals surface area contributed by atoms with Crippen molar-refractivity contribution >= 4 is 15.9 Å². The first-order valence-corrected chi connectivity index (χ1v) is 6.50. The Balaban J connectivity index is 2.36. The lowest BCUT2D eigenvalue weighted by Gasteiger charge is -2.30. The van der Waals surface area contributed by atoms with Gasteiger partial charge in [-0.1, -0.05) is 28.9 Å². The fraction of sp³-hybridized carbons (Fsp3) is 0.538. The Kier molecular flexibility index (Phi) is 3.47. The topological polar surface area (TPSA) is 26.0 Å². The molecule has 15 heavy (non-hydrogen) atoms. The minimum atomic E-state index is 0.596. The molecule has 2 heteroatoms. The molecule has 2 rings (SSSR count). The zero-order valence-corrected chi connectivity index (χ0v) is 10.8. The lowest BCUT2D eigenvalue weighted by molar-refractivity contribution is 0.413. The summed E-state index contributed by atoms with van der Waals surface area (Å²) in [6, 6.07) is 6.69. The van der Waals surface area contributed by atoms with E-state index in [-0.39, 0.29) is 0 Å². The van der Waals surface area contributed by atoms with Crippen molar-refractivity contribution in [1.82, 2.24) is 0 Å². The SMILES string of the molecule is CC(CN)C1CCCc2ccc(Br)cc21. The highest BCUT2D eigenvalue weighted by Gasteiger charge is 2.24. The summed E-state index contributed by atoms with van der Waals surface area (Å²) in [6.07, 6.45) is 3.84. The number of rotatable bonds is 2. The van der Waals surface area contributed by atoms with Crippen LogP contribution >= 0.6 is 15.9 Å². The van der Waals surface area contributed by atoms with Crippen LogP contribution in [0.2, 0.25) is 0 Å². The van der Waals surface area contributed by atoms with Gasteiger partial charge in [0.15, 0.2) is 0 Å². The number of hydrogen-bond acceptors (Lipinski definition) is 1. The molecule has 0 aromatic heterocycles. The average Bonchev–Trinajstić information content (AvgIpc) is 2.27.